The van der Waals surface area contributed by atoms with Crippen molar-refractivity contribution in [3.05, 3.63) is 48.0 Å². The van der Waals surface area contributed by atoms with Gasteiger partial charge in [-0.05, 0) is 30.7 Å². The number of anilines is 3. The predicted octanol–water partition coefficient (Wildman–Crippen LogP) is 3.23. The van der Waals surface area contributed by atoms with Crippen molar-refractivity contribution >= 4 is 23.1 Å². The molecular formula is C15H17N3O2. The van der Waals surface area contributed by atoms with Crippen LogP contribution in [0.25, 0.3) is 0 Å². The van der Waals surface area contributed by atoms with Gasteiger partial charge in [-0.25, -0.2) is 4.79 Å². The number of hydrogen-bond acceptors (Lipinski definition) is 3. The smallest absolute Gasteiger partial charge is 0.323 e. The Kier molecular flexibility index (Phi) is 4.10. The molecular weight excluding hydrogens is 254 g/mol. The number of carbonyl (C=O) groups is 1. The number of ether oxygens (including phenoxy) is 1. The zero-order valence-electron chi connectivity index (χ0n) is 11.4. The highest BCUT2D eigenvalue weighted by molar-refractivity contribution is 6.01. The first-order valence-corrected chi connectivity index (χ1v) is 6.17. The Hall–Kier alpha value is -2.69. The van der Waals surface area contributed by atoms with Crippen molar-refractivity contribution in [2.45, 2.75) is 6.92 Å². The van der Waals surface area contributed by atoms with Crippen molar-refractivity contribution in [1.29, 1.82) is 0 Å². The molecule has 0 aromatic heterocycles. The lowest BCUT2D eigenvalue weighted by Gasteiger charge is -2.12. The van der Waals surface area contributed by atoms with Crippen LogP contribution in [-0.4, -0.2) is 13.1 Å². The fourth-order valence-electron chi connectivity index (χ4n) is 1.80. The van der Waals surface area contributed by atoms with Crippen LogP contribution in [0.2, 0.25) is 0 Å². The molecule has 4 N–H and O–H groups in total. The molecule has 0 unspecified atom stereocenters. The third-order valence-electron chi connectivity index (χ3n) is 2.87. The second-order valence-electron chi connectivity index (χ2n) is 4.35. The maximum atomic E-state index is 12.0. The van der Waals surface area contributed by atoms with Crippen LogP contribution in [0.5, 0.6) is 5.75 Å². The van der Waals surface area contributed by atoms with E-state index in [0.717, 1.165) is 11.3 Å². The molecule has 0 spiro atoms. The molecule has 0 atom stereocenters. The number of methoxy groups -OCH3 is 1. The molecule has 0 radical (unpaired) electrons. The Bertz CT molecular complexity index is 626. The standard InChI is InChI=1S/C15H17N3O2/c1-10-5-3-4-6-12(10)17-15(19)18-13-8-7-11(16)9-14(13)20-2/h3-9H,16H2,1-2H3,(H2,17,18,19). The van der Waals surface area contributed by atoms with Crippen LogP contribution in [0.4, 0.5) is 21.9 Å². The van der Waals surface area contributed by atoms with Gasteiger partial charge in [0, 0.05) is 17.4 Å². The van der Waals surface area contributed by atoms with Crippen molar-refractivity contribution in [1.82, 2.24) is 0 Å². The van der Waals surface area contributed by atoms with E-state index < -0.39 is 0 Å². The number of nitrogen functional groups attached to an aromatic ring is 1. The molecule has 20 heavy (non-hydrogen) atoms. The summed E-state index contributed by atoms with van der Waals surface area (Å²) in [6.45, 7) is 1.93. The largest absolute Gasteiger partial charge is 0.494 e. The van der Waals surface area contributed by atoms with Crippen LogP contribution in [0.1, 0.15) is 5.56 Å². The van der Waals surface area contributed by atoms with E-state index in [2.05, 4.69) is 10.6 Å². The third-order valence-corrected chi connectivity index (χ3v) is 2.87. The van der Waals surface area contributed by atoms with Crippen LogP contribution in [0, 0.1) is 6.92 Å². The van der Waals surface area contributed by atoms with Crippen LogP contribution in [-0.2, 0) is 0 Å². The van der Waals surface area contributed by atoms with Gasteiger partial charge in [-0.15, -0.1) is 0 Å². The lowest BCUT2D eigenvalue weighted by molar-refractivity contribution is 0.262. The first-order chi connectivity index (χ1) is 9.60. The quantitative estimate of drug-likeness (QED) is 0.750. The van der Waals surface area contributed by atoms with Gasteiger partial charge in [-0.3, -0.25) is 0 Å². The molecule has 0 bridgehead atoms. The normalized spacial score (nSPS) is 9.90. The Morgan fingerprint density at radius 1 is 1.10 bits per heavy atom. The number of nitrogens with one attached hydrogen (secondary N) is 2. The van der Waals surface area contributed by atoms with Crippen molar-refractivity contribution in [2.24, 2.45) is 0 Å². The molecule has 0 saturated heterocycles. The first kappa shape index (κ1) is 13.7. The van der Waals surface area contributed by atoms with E-state index >= 15 is 0 Å². The summed E-state index contributed by atoms with van der Waals surface area (Å²) in [4.78, 5) is 12.0. The zero-order chi connectivity index (χ0) is 14.5. The summed E-state index contributed by atoms with van der Waals surface area (Å²) in [5.74, 6) is 0.518. The van der Waals surface area contributed by atoms with E-state index in [-0.39, 0.29) is 6.03 Å². The van der Waals surface area contributed by atoms with Gasteiger partial charge >= 0.3 is 6.03 Å². The topological polar surface area (TPSA) is 76.4 Å². The van der Waals surface area contributed by atoms with Crippen LogP contribution >= 0.6 is 0 Å². The molecule has 104 valence electrons. The lowest BCUT2D eigenvalue weighted by Crippen LogP contribution is -2.20. The minimum atomic E-state index is -0.331. The van der Waals surface area contributed by atoms with Gasteiger partial charge < -0.3 is 21.1 Å². The van der Waals surface area contributed by atoms with Gasteiger partial charge in [0.1, 0.15) is 5.75 Å². The predicted molar refractivity (Wildman–Crippen MR) is 81.2 cm³/mol. The van der Waals surface area contributed by atoms with E-state index in [1.165, 1.54) is 7.11 Å². The molecule has 2 aromatic rings. The highest BCUT2D eigenvalue weighted by Gasteiger charge is 2.08. The maximum Gasteiger partial charge on any atom is 0.323 e. The second kappa shape index (κ2) is 5.97. The number of urea groups is 1. The van der Waals surface area contributed by atoms with Gasteiger partial charge in [-0.1, -0.05) is 18.2 Å². The summed E-state index contributed by atoms with van der Waals surface area (Å²) in [6, 6.07) is 12.3. The highest BCUT2D eigenvalue weighted by atomic mass is 16.5. The Balaban J connectivity index is 2.11. The number of nitrogens with two attached hydrogens (primary N) is 1. The van der Waals surface area contributed by atoms with Crippen LogP contribution < -0.4 is 21.1 Å². The first-order valence-electron chi connectivity index (χ1n) is 6.17. The fourth-order valence-corrected chi connectivity index (χ4v) is 1.80. The summed E-state index contributed by atoms with van der Waals surface area (Å²) < 4.78 is 5.18. The Labute approximate surface area is 117 Å². The fraction of sp³-hybridized carbons (Fsp3) is 0.133. The molecule has 2 aromatic carbocycles. The van der Waals surface area contributed by atoms with Crippen molar-refractivity contribution in [2.75, 3.05) is 23.5 Å². The highest BCUT2D eigenvalue weighted by Crippen LogP contribution is 2.26. The minimum absolute atomic E-state index is 0.331. The average molecular weight is 271 g/mol. The monoisotopic (exact) mass is 271 g/mol. The van der Waals surface area contributed by atoms with Gasteiger partial charge in [0.05, 0.1) is 12.8 Å². The number of hydrogen-bond donors (Lipinski definition) is 3. The van der Waals surface area contributed by atoms with E-state index in [0.29, 0.717) is 17.1 Å². The number of para-hydroxylation sites is 1. The second-order valence-corrected chi connectivity index (χ2v) is 4.35. The molecule has 2 rings (SSSR count). The van der Waals surface area contributed by atoms with E-state index in [9.17, 15) is 4.79 Å². The molecule has 0 aliphatic heterocycles. The molecule has 5 heteroatoms. The Morgan fingerprint density at radius 3 is 2.50 bits per heavy atom. The SMILES string of the molecule is COc1cc(N)ccc1NC(=O)Nc1ccccc1C. The van der Waals surface area contributed by atoms with Crippen LogP contribution in [0.15, 0.2) is 42.5 Å². The maximum absolute atomic E-state index is 12.0. The van der Waals surface area contributed by atoms with Crippen molar-refractivity contribution in [3.8, 4) is 5.75 Å². The number of aryl methyl sites for hydroxylation is 1. The molecule has 0 fully saturated rings. The molecule has 0 heterocycles. The molecule has 5 nitrogen and oxygen atoms in total. The van der Waals surface area contributed by atoms with Gasteiger partial charge in [0.2, 0.25) is 0 Å². The minimum Gasteiger partial charge on any atom is -0.494 e. The van der Waals surface area contributed by atoms with E-state index in [1.54, 1.807) is 18.2 Å². The average Bonchev–Trinajstić information content (AvgIpc) is 2.43. The van der Waals surface area contributed by atoms with Gasteiger partial charge in [0.15, 0.2) is 0 Å². The van der Waals surface area contributed by atoms with Gasteiger partial charge in [-0.2, -0.15) is 0 Å². The summed E-state index contributed by atoms with van der Waals surface area (Å²) in [6.07, 6.45) is 0. The van der Waals surface area contributed by atoms with Crippen LogP contribution in [0.3, 0.4) is 0 Å². The number of amides is 2. The summed E-state index contributed by atoms with van der Waals surface area (Å²) in [7, 11) is 1.53. The summed E-state index contributed by atoms with van der Waals surface area (Å²) in [5, 5.41) is 5.52. The molecule has 0 aliphatic rings. The third kappa shape index (κ3) is 3.20. The zero-order valence-corrected chi connectivity index (χ0v) is 11.4. The van der Waals surface area contributed by atoms with Crippen molar-refractivity contribution < 1.29 is 9.53 Å². The van der Waals surface area contributed by atoms with Crippen molar-refractivity contribution in [3.63, 3.8) is 0 Å². The molecule has 0 saturated carbocycles. The van der Waals surface area contributed by atoms with E-state index in [4.69, 9.17) is 10.5 Å². The Morgan fingerprint density at radius 2 is 1.80 bits per heavy atom. The number of rotatable bonds is 3. The number of benzene rings is 2. The summed E-state index contributed by atoms with van der Waals surface area (Å²) in [5.41, 5.74) is 8.56. The van der Waals surface area contributed by atoms with Gasteiger partial charge in [0.25, 0.3) is 0 Å². The molecule has 0 aliphatic carbocycles. The number of carbonyl (C=O) groups excluding carboxylic acids is 1. The van der Waals surface area contributed by atoms with E-state index in [1.807, 2.05) is 31.2 Å². The summed E-state index contributed by atoms with van der Waals surface area (Å²) >= 11 is 0. The molecule has 2 amide bonds. The lowest BCUT2D eigenvalue weighted by atomic mass is 10.2.